The summed E-state index contributed by atoms with van der Waals surface area (Å²) in [6.45, 7) is 2.43. The molecule has 2 aromatic rings. The lowest BCUT2D eigenvalue weighted by Crippen LogP contribution is -2.13. The van der Waals surface area contributed by atoms with Crippen LogP contribution in [0, 0.1) is 3.57 Å². The largest absolute Gasteiger partial charge is 0.492 e. The van der Waals surface area contributed by atoms with Gasteiger partial charge in [-0.1, -0.05) is 12.1 Å². The van der Waals surface area contributed by atoms with Crippen LogP contribution in [0.25, 0.3) is 0 Å². The van der Waals surface area contributed by atoms with Gasteiger partial charge in [-0.15, -0.1) is 0 Å². The Morgan fingerprint density at radius 1 is 1.30 bits per heavy atom. The van der Waals surface area contributed by atoms with Crippen LogP contribution in [0.4, 0.5) is 11.4 Å². The second-order valence-corrected chi connectivity index (χ2v) is 5.28. The fourth-order valence-corrected chi connectivity index (χ4v) is 2.26. The summed E-state index contributed by atoms with van der Waals surface area (Å²) < 4.78 is 6.33. The predicted molar refractivity (Wildman–Crippen MR) is 89.1 cm³/mol. The first-order valence-corrected chi connectivity index (χ1v) is 7.28. The van der Waals surface area contributed by atoms with Gasteiger partial charge in [0.05, 0.1) is 18.0 Å². The van der Waals surface area contributed by atoms with Gasteiger partial charge in [0.1, 0.15) is 5.75 Å². The van der Waals surface area contributed by atoms with Gasteiger partial charge in [-0.2, -0.15) is 0 Å². The lowest BCUT2D eigenvalue weighted by Gasteiger charge is -2.10. The molecule has 2 aromatic carbocycles. The molecule has 3 N–H and O–H groups in total. The third-order valence-corrected chi connectivity index (χ3v) is 3.63. The number of nitrogens with two attached hydrogens (primary N) is 1. The molecule has 0 saturated heterocycles. The number of carbonyl (C=O) groups is 1. The average molecular weight is 382 g/mol. The van der Waals surface area contributed by atoms with Crippen LogP contribution >= 0.6 is 22.6 Å². The molecule has 104 valence electrons. The second-order valence-electron chi connectivity index (χ2n) is 4.12. The second kappa shape index (κ2) is 6.60. The maximum Gasteiger partial charge on any atom is 0.255 e. The molecule has 0 fully saturated rings. The first-order valence-electron chi connectivity index (χ1n) is 6.20. The van der Waals surface area contributed by atoms with E-state index in [4.69, 9.17) is 10.5 Å². The Morgan fingerprint density at radius 2 is 2.05 bits per heavy atom. The van der Waals surface area contributed by atoms with E-state index in [1.807, 2.05) is 31.2 Å². The molecule has 0 atom stereocenters. The van der Waals surface area contributed by atoms with Crippen molar-refractivity contribution in [2.75, 3.05) is 17.7 Å². The number of hydrogen-bond acceptors (Lipinski definition) is 3. The molecule has 0 unspecified atom stereocenters. The summed E-state index contributed by atoms with van der Waals surface area (Å²) in [5.74, 6) is 0.405. The summed E-state index contributed by atoms with van der Waals surface area (Å²) >= 11 is 2.18. The molecule has 2 rings (SSSR count). The summed E-state index contributed by atoms with van der Waals surface area (Å²) in [4.78, 5) is 12.2. The van der Waals surface area contributed by atoms with E-state index in [2.05, 4.69) is 27.9 Å². The zero-order chi connectivity index (χ0) is 14.5. The van der Waals surface area contributed by atoms with Gasteiger partial charge in [0.2, 0.25) is 0 Å². The number of rotatable bonds is 4. The van der Waals surface area contributed by atoms with Gasteiger partial charge < -0.3 is 15.8 Å². The zero-order valence-corrected chi connectivity index (χ0v) is 13.2. The SMILES string of the molecule is CCOc1ccc(C(=O)Nc2ccccc2I)cc1N. The molecule has 20 heavy (non-hydrogen) atoms. The Labute approximate surface area is 131 Å². The third kappa shape index (κ3) is 3.41. The van der Waals surface area contributed by atoms with E-state index < -0.39 is 0 Å². The maximum atomic E-state index is 12.2. The molecule has 0 heterocycles. The molecule has 0 aliphatic carbocycles. The standard InChI is InChI=1S/C15H15IN2O2/c1-2-20-14-8-7-10(9-12(14)17)15(19)18-13-6-4-3-5-11(13)16/h3-9H,2,17H2,1H3,(H,18,19). The highest BCUT2D eigenvalue weighted by Crippen LogP contribution is 2.24. The van der Waals surface area contributed by atoms with Gasteiger partial charge in [0.15, 0.2) is 0 Å². The van der Waals surface area contributed by atoms with E-state index in [1.54, 1.807) is 18.2 Å². The Kier molecular flexibility index (Phi) is 4.84. The van der Waals surface area contributed by atoms with Gasteiger partial charge in [0.25, 0.3) is 5.91 Å². The number of nitrogen functional groups attached to an aromatic ring is 1. The molecule has 4 nitrogen and oxygen atoms in total. The number of hydrogen-bond donors (Lipinski definition) is 2. The molecule has 0 radical (unpaired) electrons. The minimum absolute atomic E-state index is 0.191. The van der Waals surface area contributed by atoms with E-state index in [-0.39, 0.29) is 5.91 Å². The predicted octanol–water partition coefficient (Wildman–Crippen LogP) is 3.52. The zero-order valence-electron chi connectivity index (χ0n) is 11.0. The number of carbonyl (C=O) groups excluding carboxylic acids is 1. The van der Waals surface area contributed by atoms with Crippen LogP contribution in [0.1, 0.15) is 17.3 Å². The van der Waals surface area contributed by atoms with Crippen LogP contribution in [-0.4, -0.2) is 12.5 Å². The van der Waals surface area contributed by atoms with Crippen molar-refractivity contribution >= 4 is 39.9 Å². The molecular weight excluding hydrogens is 367 g/mol. The summed E-state index contributed by atoms with van der Waals surface area (Å²) in [5, 5.41) is 2.86. The summed E-state index contributed by atoms with van der Waals surface area (Å²) in [6.07, 6.45) is 0. The number of nitrogens with one attached hydrogen (secondary N) is 1. The van der Waals surface area contributed by atoms with Crippen LogP contribution in [0.5, 0.6) is 5.75 Å². The Hall–Kier alpha value is -1.76. The highest BCUT2D eigenvalue weighted by molar-refractivity contribution is 14.1. The van der Waals surface area contributed by atoms with Gasteiger partial charge in [0, 0.05) is 9.13 Å². The fourth-order valence-electron chi connectivity index (χ4n) is 1.73. The molecule has 0 aliphatic rings. The van der Waals surface area contributed by atoms with E-state index >= 15 is 0 Å². The van der Waals surface area contributed by atoms with E-state index in [9.17, 15) is 4.79 Å². The topological polar surface area (TPSA) is 64.3 Å². The van der Waals surface area contributed by atoms with Crippen molar-refractivity contribution < 1.29 is 9.53 Å². The van der Waals surface area contributed by atoms with Gasteiger partial charge in [-0.05, 0) is 59.8 Å². The number of halogens is 1. The first-order chi connectivity index (χ1) is 9.61. The number of amides is 1. The van der Waals surface area contributed by atoms with Gasteiger partial charge >= 0.3 is 0 Å². The van der Waals surface area contributed by atoms with Crippen molar-refractivity contribution in [2.24, 2.45) is 0 Å². The van der Waals surface area contributed by atoms with E-state index in [0.717, 1.165) is 9.26 Å². The average Bonchev–Trinajstić information content (AvgIpc) is 2.43. The van der Waals surface area contributed by atoms with E-state index in [1.165, 1.54) is 0 Å². The Bertz CT molecular complexity index is 629. The molecule has 0 aromatic heterocycles. The van der Waals surface area contributed by atoms with E-state index in [0.29, 0.717) is 23.6 Å². The van der Waals surface area contributed by atoms with Crippen LogP contribution in [-0.2, 0) is 0 Å². The van der Waals surface area contributed by atoms with Crippen molar-refractivity contribution in [2.45, 2.75) is 6.92 Å². The molecular formula is C15H15IN2O2. The minimum Gasteiger partial charge on any atom is -0.492 e. The molecule has 0 spiro atoms. The summed E-state index contributed by atoms with van der Waals surface area (Å²) in [7, 11) is 0. The molecule has 0 aliphatic heterocycles. The van der Waals surface area contributed by atoms with Crippen LogP contribution in [0.2, 0.25) is 0 Å². The Morgan fingerprint density at radius 3 is 2.70 bits per heavy atom. The van der Waals surface area contributed by atoms with Crippen molar-refractivity contribution in [3.8, 4) is 5.75 Å². The van der Waals surface area contributed by atoms with Gasteiger partial charge in [-0.3, -0.25) is 4.79 Å². The first kappa shape index (κ1) is 14.6. The number of benzene rings is 2. The number of ether oxygens (including phenoxy) is 1. The molecule has 5 heteroatoms. The summed E-state index contributed by atoms with van der Waals surface area (Å²) in [6, 6.07) is 12.6. The third-order valence-electron chi connectivity index (χ3n) is 2.69. The lowest BCUT2D eigenvalue weighted by molar-refractivity contribution is 0.102. The Balaban J connectivity index is 2.18. The van der Waals surface area contributed by atoms with Crippen molar-refractivity contribution in [1.82, 2.24) is 0 Å². The number of para-hydroxylation sites is 1. The van der Waals surface area contributed by atoms with Crippen LogP contribution in [0.15, 0.2) is 42.5 Å². The summed E-state index contributed by atoms with van der Waals surface area (Å²) in [5.41, 5.74) is 7.61. The minimum atomic E-state index is -0.191. The fraction of sp³-hybridized carbons (Fsp3) is 0.133. The highest BCUT2D eigenvalue weighted by Gasteiger charge is 2.10. The highest BCUT2D eigenvalue weighted by atomic mass is 127. The normalized spacial score (nSPS) is 10.1. The van der Waals surface area contributed by atoms with Crippen molar-refractivity contribution in [1.29, 1.82) is 0 Å². The maximum absolute atomic E-state index is 12.2. The molecule has 0 saturated carbocycles. The van der Waals surface area contributed by atoms with Crippen molar-refractivity contribution in [3.05, 3.63) is 51.6 Å². The van der Waals surface area contributed by atoms with Crippen molar-refractivity contribution in [3.63, 3.8) is 0 Å². The monoisotopic (exact) mass is 382 g/mol. The lowest BCUT2D eigenvalue weighted by atomic mass is 10.1. The molecule has 1 amide bonds. The van der Waals surface area contributed by atoms with Gasteiger partial charge in [-0.25, -0.2) is 0 Å². The number of anilines is 2. The quantitative estimate of drug-likeness (QED) is 0.628. The smallest absolute Gasteiger partial charge is 0.255 e. The van der Waals surface area contributed by atoms with Crippen LogP contribution < -0.4 is 15.8 Å². The van der Waals surface area contributed by atoms with Crippen LogP contribution in [0.3, 0.4) is 0 Å². The molecule has 0 bridgehead atoms.